The summed E-state index contributed by atoms with van der Waals surface area (Å²) >= 11 is 0. The lowest BCUT2D eigenvalue weighted by molar-refractivity contribution is 0.641. The number of aryl methyl sites for hydroxylation is 2. The highest BCUT2D eigenvalue weighted by Crippen LogP contribution is 2.34. The Balaban J connectivity index is 1.54. The van der Waals surface area contributed by atoms with Crippen molar-refractivity contribution in [3.63, 3.8) is 0 Å². The van der Waals surface area contributed by atoms with Crippen LogP contribution in [0.25, 0.3) is 11.1 Å². The molecule has 164 valence electrons. The molecule has 0 nitrogen and oxygen atoms in total. The second-order valence-electron chi connectivity index (χ2n) is 9.47. The second kappa shape index (κ2) is 9.08. The van der Waals surface area contributed by atoms with Gasteiger partial charge in [-0.2, -0.15) is 0 Å². The van der Waals surface area contributed by atoms with Gasteiger partial charge in [0.1, 0.15) is 0 Å². The van der Waals surface area contributed by atoms with Gasteiger partial charge in [0.2, 0.25) is 0 Å². The van der Waals surface area contributed by atoms with Crippen LogP contribution >= 0.6 is 0 Å². The third kappa shape index (κ3) is 4.76. The normalized spacial score (nSPS) is 11.3. The fraction of sp³-hybridized carbons (Fsp3) is 0.152. The van der Waals surface area contributed by atoms with Gasteiger partial charge in [-0.05, 0) is 58.4 Å². The molecule has 0 saturated heterocycles. The smallest absolute Gasteiger partial charge is 0.0146 e. The fourth-order valence-electron chi connectivity index (χ4n) is 4.19. The Hall–Kier alpha value is -3.64. The van der Waals surface area contributed by atoms with E-state index in [1.807, 2.05) is 0 Å². The van der Waals surface area contributed by atoms with E-state index < -0.39 is 0 Å². The van der Waals surface area contributed by atoms with Crippen molar-refractivity contribution in [2.24, 2.45) is 0 Å². The van der Waals surface area contributed by atoms with Crippen LogP contribution in [0.4, 0.5) is 0 Å². The standard InChI is InChI=1S/C33H32/c1-23-7-11-27(12-8-23)25(3)29-15-19-31(20-16-29)33(5,6)32-21-17-30(18-22-32)26(4)28-13-9-24(2)10-14-28/h7-22H,3-4H2,1-2,5-6H3. The number of benzene rings is 4. The Kier molecular flexibility index (Phi) is 6.20. The molecule has 0 atom stereocenters. The van der Waals surface area contributed by atoms with Crippen LogP contribution in [-0.2, 0) is 5.41 Å². The van der Waals surface area contributed by atoms with Crippen LogP contribution in [0.2, 0.25) is 0 Å². The van der Waals surface area contributed by atoms with Gasteiger partial charge >= 0.3 is 0 Å². The van der Waals surface area contributed by atoms with Gasteiger partial charge in [0.15, 0.2) is 0 Å². The van der Waals surface area contributed by atoms with E-state index in [0.29, 0.717) is 0 Å². The zero-order chi connectivity index (χ0) is 23.6. The van der Waals surface area contributed by atoms with Gasteiger partial charge in [-0.25, -0.2) is 0 Å². The van der Waals surface area contributed by atoms with Gasteiger partial charge in [0, 0.05) is 5.41 Å². The predicted molar refractivity (Wildman–Crippen MR) is 144 cm³/mol. The van der Waals surface area contributed by atoms with Crippen molar-refractivity contribution < 1.29 is 0 Å². The quantitative estimate of drug-likeness (QED) is 0.288. The maximum absolute atomic E-state index is 4.32. The Labute approximate surface area is 199 Å². The number of hydrogen-bond donors (Lipinski definition) is 0. The minimum atomic E-state index is -0.104. The summed E-state index contributed by atoms with van der Waals surface area (Å²) in [6.45, 7) is 17.4. The molecule has 33 heavy (non-hydrogen) atoms. The van der Waals surface area contributed by atoms with Gasteiger partial charge in [-0.3, -0.25) is 0 Å². The molecule has 0 unspecified atom stereocenters. The molecule has 0 aromatic heterocycles. The van der Waals surface area contributed by atoms with Crippen LogP contribution < -0.4 is 0 Å². The van der Waals surface area contributed by atoms with Gasteiger partial charge in [0.25, 0.3) is 0 Å². The molecule has 0 saturated carbocycles. The number of rotatable bonds is 6. The molecule has 0 aliphatic rings. The second-order valence-corrected chi connectivity index (χ2v) is 9.47. The lowest BCUT2D eigenvalue weighted by atomic mass is 9.77. The first-order valence-electron chi connectivity index (χ1n) is 11.5. The fourth-order valence-corrected chi connectivity index (χ4v) is 4.19. The monoisotopic (exact) mass is 428 g/mol. The van der Waals surface area contributed by atoms with Crippen LogP contribution in [0.5, 0.6) is 0 Å². The topological polar surface area (TPSA) is 0 Å². The maximum Gasteiger partial charge on any atom is 0.0146 e. The van der Waals surface area contributed by atoms with E-state index in [1.54, 1.807) is 0 Å². The first-order valence-corrected chi connectivity index (χ1v) is 11.5. The molecule has 0 aliphatic carbocycles. The Bertz CT molecular complexity index is 1160. The first kappa shape index (κ1) is 22.6. The third-order valence-electron chi connectivity index (χ3n) is 6.71. The molecule has 0 amide bonds. The summed E-state index contributed by atoms with van der Waals surface area (Å²) in [4.78, 5) is 0. The van der Waals surface area contributed by atoms with Gasteiger partial charge < -0.3 is 0 Å². The van der Waals surface area contributed by atoms with Gasteiger partial charge in [-0.1, -0.05) is 135 Å². The summed E-state index contributed by atoms with van der Waals surface area (Å²) in [6, 6.07) is 34.8. The Morgan fingerprint density at radius 2 is 0.697 bits per heavy atom. The lowest BCUT2D eigenvalue weighted by Gasteiger charge is -2.27. The summed E-state index contributed by atoms with van der Waals surface area (Å²) < 4.78 is 0. The molecule has 4 aromatic rings. The van der Waals surface area contributed by atoms with Crippen LogP contribution in [0.1, 0.15) is 58.4 Å². The maximum atomic E-state index is 4.32. The summed E-state index contributed by atoms with van der Waals surface area (Å²) in [5, 5.41) is 0. The molecule has 0 radical (unpaired) electrons. The molecule has 0 N–H and O–H groups in total. The van der Waals surface area contributed by atoms with Crippen molar-refractivity contribution in [2.75, 3.05) is 0 Å². The minimum Gasteiger partial charge on any atom is -0.0906 e. The van der Waals surface area contributed by atoms with Crippen molar-refractivity contribution in [2.45, 2.75) is 33.1 Å². The predicted octanol–water partition coefficient (Wildman–Crippen LogP) is 8.75. The third-order valence-corrected chi connectivity index (χ3v) is 6.71. The molecular weight excluding hydrogens is 396 g/mol. The molecule has 0 bridgehead atoms. The van der Waals surface area contributed by atoms with E-state index >= 15 is 0 Å². The highest BCUT2D eigenvalue weighted by molar-refractivity contribution is 5.79. The number of hydrogen-bond acceptors (Lipinski definition) is 0. The molecule has 0 spiro atoms. The van der Waals surface area contributed by atoms with E-state index in [1.165, 1.54) is 22.3 Å². The van der Waals surface area contributed by atoms with Crippen molar-refractivity contribution >= 4 is 11.1 Å². The van der Waals surface area contributed by atoms with E-state index in [0.717, 1.165) is 33.4 Å². The molecular formula is C33H32. The molecule has 0 aliphatic heterocycles. The van der Waals surface area contributed by atoms with Crippen LogP contribution in [0, 0.1) is 13.8 Å². The SMILES string of the molecule is C=C(c1ccc(C)cc1)c1ccc(C(C)(C)c2ccc(C(=C)c3ccc(C)cc3)cc2)cc1. The van der Waals surface area contributed by atoms with E-state index in [4.69, 9.17) is 0 Å². The highest BCUT2D eigenvalue weighted by atomic mass is 14.3. The average Bonchev–Trinajstić information content (AvgIpc) is 2.84. The van der Waals surface area contributed by atoms with Crippen LogP contribution in [0.15, 0.2) is 110 Å². The van der Waals surface area contributed by atoms with Gasteiger partial charge in [-0.15, -0.1) is 0 Å². The average molecular weight is 429 g/mol. The molecule has 4 rings (SSSR count). The summed E-state index contributed by atoms with van der Waals surface area (Å²) in [5.41, 5.74) is 11.7. The van der Waals surface area contributed by atoms with E-state index in [2.05, 4.69) is 138 Å². The van der Waals surface area contributed by atoms with Crippen molar-refractivity contribution in [1.29, 1.82) is 0 Å². The van der Waals surface area contributed by atoms with Crippen molar-refractivity contribution in [3.8, 4) is 0 Å². The van der Waals surface area contributed by atoms with Crippen LogP contribution in [-0.4, -0.2) is 0 Å². The molecule has 0 fully saturated rings. The largest absolute Gasteiger partial charge is 0.0906 e. The Morgan fingerprint density at radius 3 is 0.970 bits per heavy atom. The van der Waals surface area contributed by atoms with Crippen LogP contribution in [0.3, 0.4) is 0 Å². The molecule has 0 heterocycles. The summed E-state index contributed by atoms with van der Waals surface area (Å²) in [5.74, 6) is 0. The summed E-state index contributed by atoms with van der Waals surface area (Å²) in [6.07, 6.45) is 0. The first-order chi connectivity index (χ1) is 15.8. The van der Waals surface area contributed by atoms with Crippen molar-refractivity contribution in [3.05, 3.63) is 155 Å². The highest BCUT2D eigenvalue weighted by Gasteiger charge is 2.23. The van der Waals surface area contributed by atoms with E-state index in [-0.39, 0.29) is 5.41 Å². The summed E-state index contributed by atoms with van der Waals surface area (Å²) in [7, 11) is 0. The van der Waals surface area contributed by atoms with Gasteiger partial charge in [0.05, 0.1) is 0 Å². The minimum absolute atomic E-state index is 0.104. The molecule has 0 heteroatoms. The zero-order valence-corrected chi connectivity index (χ0v) is 20.2. The Morgan fingerprint density at radius 1 is 0.455 bits per heavy atom. The molecule has 4 aromatic carbocycles. The van der Waals surface area contributed by atoms with Crippen molar-refractivity contribution in [1.82, 2.24) is 0 Å². The van der Waals surface area contributed by atoms with E-state index in [9.17, 15) is 0 Å². The zero-order valence-electron chi connectivity index (χ0n) is 20.2. The lowest BCUT2D eigenvalue weighted by Crippen LogP contribution is -2.18.